The van der Waals surface area contributed by atoms with Crippen LogP contribution in [0.4, 0.5) is 0 Å². The number of nitrogens with zero attached hydrogens (tertiary/aromatic N) is 4. The molecule has 0 aliphatic heterocycles. The van der Waals surface area contributed by atoms with Crippen molar-refractivity contribution in [1.82, 2.24) is 20.2 Å². The lowest BCUT2D eigenvalue weighted by Gasteiger charge is -2.09. The van der Waals surface area contributed by atoms with Crippen LogP contribution >= 0.6 is 0 Å². The molecule has 1 radical (unpaired) electrons. The van der Waals surface area contributed by atoms with E-state index in [1.165, 1.54) is 24.8 Å². The van der Waals surface area contributed by atoms with E-state index in [4.69, 9.17) is 4.74 Å². The first-order chi connectivity index (χ1) is 10.2. The summed E-state index contributed by atoms with van der Waals surface area (Å²) in [7, 11) is 0. The van der Waals surface area contributed by atoms with Crippen molar-refractivity contribution in [2.45, 2.75) is 52.1 Å². The standard InChI is InChI=1S/C16H23N4O/c1-4-5-6-7-8-14-9-11-15(12-10-14)20-16(17-18-19-20)21-13(2)3/h9-13H,1,4-8H2,2-3H3. The van der Waals surface area contributed by atoms with Crippen LogP contribution in [0.5, 0.6) is 6.01 Å². The minimum atomic E-state index is 0.0436. The molecule has 0 N–H and O–H groups in total. The minimum Gasteiger partial charge on any atom is -0.460 e. The Hall–Kier alpha value is -1.91. The third-order valence-corrected chi connectivity index (χ3v) is 3.18. The number of hydrogen-bond acceptors (Lipinski definition) is 4. The maximum atomic E-state index is 5.58. The average molecular weight is 287 g/mol. The van der Waals surface area contributed by atoms with Gasteiger partial charge in [0.2, 0.25) is 0 Å². The molecule has 0 atom stereocenters. The van der Waals surface area contributed by atoms with Crippen LogP contribution < -0.4 is 4.74 Å². The maximum absolute atomic E-state index is 5.58. The Morgan fingerprint density at radius 3 is 2.57 bits per heavy atom. The van der Waals surface area contributed by atoms with Crippen LogP contribution in [0.2, 0.25) is 0 Å². The Balaban J connectivity index is 2.00. The van der Waals surface area contributed by atoms with E-state index in [-0.39, 0.29) is 6.10 Å². The Labute approximate surface area is 126 Å². The molecule has 5 heteroatoms. The van der Waals surface area contributed by atoms with Crippen molar-refractivity contribution in [2.75, 3.05) is 0 Å². The molecule has 1 heterocycles. The molecule has 0 unspecified atom stereocenters. The second-order valence-corrected chi connectivity index (χ2v) is 5.37. The monoisotopic (exact) mass is 287 g/mol. The van der Waals surface area contributed by atoms with Gasteiger partial charge in [-0.25, -0.2) is 0 Å². The van der Waals surface area contributed by atoms with Crippen LogP contribution in [0, 0.1) is 6.92 Å². The molecule has 0 fully saturated rings. The topological polar surface area (TPSA) is 52.8 Å². The van der Waals surface area contributed by atoms with Crippen molar-refractivity contribution in [1.29, 1.82) is 0 Å². The van der Waals surface area contributed by atoms with Crippen molar-refractivity contribution in [3.63, 3.8) is 0 Å². The quantitative estimate of drug-likeness (QED) is 0.698. The average Bonchev–Trinajstić information content (AvgIpc) is 2.92. The van der Waals surface area contributed by atoms with Crippen LogP contribution in [0.15, 0.2) is 24.3 Å². The summed E-state index contributed by atoms with van der Waals surface area (Å²) in [6.07, 6.45) is 5.83. The van der Waals surface area contributed by atoms with Crippen LogP contribution in [0.3, 0.4) is 0 Å². The highest BCUT2D eigenvalue weighted by Crippen LogP contribution is 2.16. The summed E-state index contributed by atoms with van der Waals surface area (Å²) in [5, 5.41) is 11.6. The van der Waals surface area contributed by atoms with Gasteiger partial charge >= 0.3 is 6.01 Å². The molecule has 5 nitrogen and oxygen atoms in total. The minimum absolute atomic E-state index is 0.0436. The smallest absolute Gasteiger partial charge is 0.340 e. The molecule has 113 valence electrons. The lowest BCUT2D eigenvalue weighted by Crippen LogP contribution is -2.10. The van der Waals surface area contributed by atoms with E-state index in [1.807, 2.05) is 26.0 Å². The SMILES string of the molecule is [CH2]CCCCCc1ccc(-n2nnnc2OC(C)C)cc1. The number of aromatic nitrogens is 4. The zero-order valence-electron chi connectivity index (χ0n) is 12.8. The Morgan fingerprint density at radius 1 is 1.14 bits per heavy atom. The van der Waals surface area contributed by atoms with E-state index >= 15 is 0 Å². The molecule has 2 aromatic rings. The van der Waals surface area contributed by atoms with Gasteiger partial charge < -0.3 is 4.74 Å². The number of hydrogen-bond donors (Lipinski definition) is 0. The van der Waals surface area contributed by atoms with Crippen LogP contribution in [-0.4, -0.2) is 26.3 Å². The van der Waals surface area contributed by atoms with Crippen molar-refractivity contribution < 1.29 is 4.74 Å². The number of unbranched alkanes of at least 4 members (excludes halogenated alkanes) is 3. The lowest BCUT2D eigenvalue weighted by molar-refractivity contribution is 0.216. The van der Waals surface area contributed by atoms with Crippen LogP contribution in [0.1, 0.15) is 45.1 Å². The fourth-order valence-electron chi connectivity index (χ4n) is 2.11. The van der Waals surface area contributed by atoms with E-state index in [1.54, 1.807) is 4.68 Å². The van der Waals surface area contributed by atoms with Gasteiger partial charge in [-0.2, -0.15) is 4.68 Å². The molecule has 21 heavy (non-hydrogen) atoms. The zero-order valence-corrected chi connectivity index (χ0v) is 12.8. The van der Waals surface area contributed by atoms with Gasteiger partial charge in [0, 0.05) is 0 Å². The predicted molar refractivity (Wildman–Crippen MR) is 82.4 cm³/mol. The summed E-state index contributed by atoms with van der Waals surface area (Å²) in [5.41, 5.74) is 2.25. The van der Waals surface area contributed by atoms with E-state index in [0.717, 1.165) is 18.5 Å². The lowest BCUT2D eigenvalue weighted by atomic mass is 10.1. The van der Waals surface area contributed by atoms with Crippen LogP contribution in [-0.2, 0) is 6.42 Å². The third-order valence-electron chi connectivity index (χ3n) is 3.18. The fraction of sp³-hybridized carbons (Fsp3) is 0.500. The molecule has 0 saturated carbocycles. The van der Waals surface area contributed by atoms with E-state index in [9.17, 15) is 0 Å². The Kier molecular flexibility index (Phi) is 5.72. The molecule has 0 spiro atoms. The van der Waals surface area contributed by atoms with Gasteiger partial charge in [-0.05, 0) is 54.8 Å². The van der Waals surface area contributed by atoms with Gasteiger partial charge in [0.25, 0.3) is 0 Å². The van der Waals surface area contributed by atoms with E-state index in [2.05, 4.69) is 34.6 Å². The molecule has 0 aliphatic rings. The molecule has 1 aromatic carbocycles. The summed E-state index contributed by atoms with van der Waals surface area (Å²) in [4.78, 5) is 0. The predicted octanol–water partition coefficient (Wildman–Crippen LogP) is 3.39. The normalized spacial score (nSPS) is 11.0. The Morgan fingerprint density at radius 2 is 1.90 bits per heavy atom. The first kappa shape index (κ1) is 15.5. The number of tetrazole rings is 1. The number of ether oxygens (including phenoxy) is 1. The molecular weight excluding hydrogens is 264 g/mol. The van der Waals surface area contributed by atoms with Crippen molar-refractivity contribution in [2.24, 2.45) is 0 Å². The molecule has 0 amide bonds. The number of benzene rings is 1. The fourth-order valence-corrected chi connectivity index (χ4v) is 2.11. The van der Waals surface area contributed by atoms with Gasteiger partial charge in [0.05, 0.1) is 11.8 Å². The second kappa shape index (κ2) is 7.76. The molecule has 1 aromatic heterocycles. The second-order valence-electron chi connectivity index (χ2n) is 5.37. The van der Waals surface area contributed by atoms with Crippen LogP contribution in [0.25, 0.3) is 5.69 Å². The van der Waals surface area contributed by atoms with Crippen molar-refractivity contribution >= 4 is 0 Å². The molecule has 0 bridgehead atoms. The van der Waals surface area contributed by atoms with Gasteiger partial charge in [0.1, 0.15) is 0 Å². The first-order valence-electron chi connectivity index (χ1n) is 7.54. The van der Waals surface area contributed by atoms with Gasteiger partial charge in [-0.3, -0.25) is 0 Å². The molecular formula is C16H23N4O. The first-order valence-corrected chi connectivity index (χ1v) is 7.54. The van der Waals surface area contributed by atoms with Gasteiger partial charge in [-0.15, -0.1) is 0 Å². The number of aryl methyl sites for hydroxylation is 1. The van der Waals surface area contributed by atoms with E-state index < -0.39 is 0 Å². The Bertz CT molecular complexity index is 533. The zero-order chi connectivity index (χ0) is 15.1. The summed E-state index contributed by atoms with van der Waals surface area (Å²) < 4.78 is 7.20. The number of rotatable bonds is 8. The molecule has 0 saturated heterocycles. The third kappa shape index (κ3) is 4.55. The van der Waals surface area contributed by atoms with E-state index in [0.29, 0.717) is 6.01 Å². The highest BCUT2D eigenvalue weighted by atomic mass is 16.5. The largest absolute Gasteiger partial charge is 0.460 e. The molecule has 2 rings (SSSR count). The highest BCUT2D eigenvalue weighted by molar-refractivity contribution is 5.35. The summed E-state index contributed by atoms with van der Waals surface area (Å²) in [5.74, 6) is 0. The maximum Gasteiger partial charge on any atom is 0.340 e. The van der Waals surface area contributed by atoms with Crippen molar-refractivity contribution in [3.8, 4) is 11.7 Å². The summed E-state index contributed by atoms with van der Waals surface area (Å²) in [6.45, 7) is 7.77. The van der Waals surface area contributed by atoms with Gasteiger partial charge in [0.15, 0.2) is 0 Å². The van der Waals surface area contributed by atoms with Gasteiger partial charge in [-0.1, -0.05) is 43.4 Å². The summed E-state index contributed by atoms with van der Waals surface area (Å²) >= 11 is 0. The summed E-state index contributed by atoms with van der Waals surface area (Å²) in [6, 6.07) is 8.73. The highest BCUT2D eigenvalue weighted by Gasteiger charge is 2.10. The van der Waals surface area contributed by atoms with Crippen molar-refractivity contribution in [3.05, 3.63) is 36.8 Å². The molecule has 0 aliphatic carbocycles.